The standard InChI is InChI=1S/C28H21F3N2S/c29-28(30,31)22-13-11-19(12-14-22)17-26-33-24-16-15-23(18-25(24)34-26)32-27(20-7-3-1-4-8-20)21-9-5-2-6-10-21/h1-16,18,27,32H,17H2. The molecule has 34 heavy (non-hydrogen) atoms. The molecule has 1 N–H and O–H groups in total. The van der Waals surface area contributed by atoms with Crippen molar-refractivity contribution in [2.45, 2.75) is 18.6 Å². The number of fused-ring (bicyclic) bond motifs is 1. The molecule has 0 unspecified atom stereocenters. The second-order valence-corrected chi connectivity index (χ2v) is 9.18. The predicted octanol–water partition coefficient (Wildman–Crippen LogP) is 8.11. The summed E-state index contributed by atoms with van der Waals surface area (Å²) in [6, 6.07) is 32.0. The van der Waals surface area contributed by atoms with Crippen LogP contribution in [0.25, 0.3) is 10.2 Å². The zero-order valence-corrected chi connectivity index (χ0v) is 18.9. The minimum absolute atomic E-state index is 0.000566. The fourth-order valence-corrected chi connectivity index (χ4v) is 4.98. The highest BCUT2D eigenvalue weighted by molar-refractivity contribution is 7.18. The molecule has 1 aromatic heterocycles. The Bertz CT molecular complexity index is 1340. The van der Waals surface area contributed by atoms with Crippen molar-refractivity contribution < 1.29 is 13.2 Å². The molecule has 6 heteroatoms. The molecule has 1 heterocycles. The highest BCUT2D eigenvalue weighted by atomic mass is 32.1. The number of benzene rings is 4. The van der Waals surface area contributed by atoms with E-state index < -0.39 is 11.7 Å². The van der Waals surface area contributed by atoms with Gasteiger partial charge < -0.3 is 5.32 Å². The lowest BCUT2D eigenvalue weighted by molar-refractivity contribution is -0.137. The summed E-state index contributed by atoms with van der Waals surface area (Å²) in [6.45, 7) is 0. The van der Waals surface area contributed by atoms with Crippen molar-refractivity contribution in [3.05, 3.63) is 130 Å². The van der Waals surface area contributed by atoms with E-state index in [9.17, 15) is 13.2 Å². The lowest BCUT2D eigenvalue weighted by Crippen LogP contribution is -2.12. The zero-order valence-electron chi connectivity index (χ0n) is 18.1. The lowest BCUT2D eigenvalue weighted by Gasteiger charge is -2.21. The highest BCUT2D eigenvalue weighted by Gasteiger charge is 2.29. The Kier molecular flexibility index (Phi) is 6.07. The topological polar surface area (TPSA) is 24.9 Å². The first-order valence-electron chi connectivity index (χ1n) is 10.9. The molecule has 0 radical (unpaired) electrons. The minimum atomic E-state index is -4.32. The summed E-state index contributed by atoms with van der Waals surface area (Å²) in [5, 5.41) is 4.53. The lowest BCUT2D eigenvalue weighted by atomic mass is 9.98. The van der Waals surface area contributed by atoms with Gasteiger partial charge in [0.2, 0.25) is 0 Å². The Morgan fingerprint density at radius 3 is 1.97 bits per heavy atom. The van der Waals surface area contributed by atoms with Gasteiger partial charge in [-0.25, -0.2) is 4.98 Å². The summed E-state index contributed by atoms with van der Waals surface area (Å²) < 4.78 is 39.5. The van der Waals surface area contributed by atoms with Crippen LogP contribution in [0, 0.1) is 0 Å². The molecule has 0 bridgehead atoms. The molecule has 0 saturated carbocycles. The number of alkyl halides is 3. The fraction of sp³-hybridized carbons (Fsp3) is 0.107. The first-order valence-corrected chi connectivity index (χ1v) is 11.7. The molecule has 0 aliphatic rings. The maximum Gasteiger partial charge on any atom is 0.416 e. The number of thiazole rings is 1. The highest BCUT2D eigenvalue weighted by Crippen LogP contribution is 2.32. The molecule has 0 atom stereocenters. The number of nitrogens with zero attached hydrogens (tertiary/aromatic N) is 1. The summed E-state index contributed by atoms with van der Waals surface area (Å²) in [7, 11) is 0. The number of halogens is 3. The third-order valence-electron chi connectivity index (χ3n) is 5.65. The zero-order chi connectivity index (χ0) is 23.5. The normalized spacial score (nSPS) is 11.8. The third-order valence-corrected chi connectivity index (χ3v) is 6.66. The van der Waals surface area contributed by atoms with E-state index in [0.717, 1.165) is 38.6 Å². The molecule has 5 rings (SSSR count). The van der Waals surface area contributed by atoms with Gasteiger partial charge in [-0.1, -0.05) is 72.8 Å². The van der Waals surface area contributed by atoms with Crippen LogP contribution in [0.5, 0.6) is 0 Å². The van der Waals surface area contributed by atoms with Gasteiger partial charge in [-0.3, -0.25) is 0 Å². The van der Waals surface area contributed by atoms with Crippen molar-refractivity contribution in [3.63, 3.8) is 0 Å². The van der Waals surface area contributed by atoms with Gasteiger partial charge >= 0.3 is 6.18 Å². The Hall–Kier alpha value is -3.64. The van der Waals surface area contributed by atoms with E-state index >= 15 is 0 Å². The number of rotatable bonds is 6. The average Bonchev–Trinajstić information content (AvgIpc) is 3.25. The van der Waals surface area contributed by atoms with Crippen molar-refractivity contribution >= 4 is 27.2 Å². The van der Waals surface area contributed by atoms with Gasteiger partial charge in [0, 0.05) is 12.1 Å². The molecule has 170 valence electrons. The smallest absolute Gasteiger partial charge is 0.374 e. The quantitative estimate of drug-likeness (QED) is 0.269. The Morgan fingerprint density at radius 1 is 0.765 bits per heavy atom. The first kappa shape index (κ1) is 22.2. The molecule has 0 amide bonds. The molecule has 0 fully saturated rings. The van der Waals surface area contributed by atoms with Crippen LogP contribution in [-0.4, -0.2) is 4.98 Å². The Labute approximate surface area is 199 Å². The van der Waals surface area contributed by atoms with Crippen LogP contribution in [-0.2, 0) is 12.6 Å². The fourth-order valence-electron chi connectivity index (χ4n) is 3.94. The minimum Gasteiger partial charge on any atom is -0.374 e. The van der Waals surface area contributed by atoms with Crippen LogP contribution < -0.4 is 5.32 Å². The average molecular weight is 475 g/mol. The van der Waals surface area contributed by atoms with Crippen LogP contribution >= 0.6 is 11.3 Å². The van der Waals surface area contributed by atoms with Crippen molar-refractivity contribution in [2.75, 3.05) is 5.32 Å². The van der Waals surface area contributed by atoms with E-state index in [4.69, 9.17) is 0 Å². The molecule has 0 aliphatic heterocycles. The van der Waals surface area contributed by atoms with Crippen molar-refractivity contribution in [1.29, 1.82) is 0 Å². The van der Waals surface area contributed by atoms with Crippen molar-refractivity contribution in [3.8, 4) is 0 Å². The molecule has 4 aromatic carbocycles. The first-order chi connectivity index (χ1) is 16.5. The largest absolute Gasteiger partial charge is 0.416 e. The van der Waals surface area contributed by atoms with E-state index in [2.05, 4.69) is 40.6 Å². The second kappa shape index (κ2) is 9.31. The monoisotopic (exact) mass is 474 g/mol. The van der Waals surface area contributed by atoms with Gasteiger partial charge in [-0.15, -0.1) is 11.3 Å². The van der Waals surface area contributed by atoms with E-state index in [-0.39, 0.29) is 6.04 Å². The van der Waals surface area contributed by atoms with Crippen LogP contribution in [0.1, 0.15) is 33.3 Å². The van der Waals surface area contributed by atoms with Crippen LogP contribution in [0.4, 0.5) is 18.9 Å². The maximum absolute atomic E-state index is 12.8. The molecule has 2 nitrogen and oxygen atoms in total. The number of hydrogen-bond donors (Lipinski definition) is 1. The van der Waals surface area contributed by atoms with Gasteiger partial charge in [-0.2, -0.15) is 13.2 Å². The summed E-state index contributed by atoms with van der Waals surface area (Å²) in [5.41, 5.74) is 4.37. The SMILES string of the molecule is FC(F)(F)c1ccc(Cc2nc3ccc(NC(c4ccccc4)c4ccccc4)cc3s2)cc1. The number of hydrogen-bond acceptors (Lipinski definition) is 3. The molecular weight excluding hydrogens is 453 g/mol. The Morgan fingerprint density at radius 2 is 1.38 bits per heavy atom. The van der Waals surface area contributed by atoms with E-state index in [1.807, 2.05) is 48.5 Å². The van der Waals surface area contributed by atoms with Crippen molar-refractivity contribution in [2.24, 2.45) is 0 Å². The van der Waals surface area contributed by atoms with Crippen molar-refractivity contribution in [1.82, 2.24) is 4.98 Å². The summed E-state index contributed by atoms with van der Waals surface area (Å²) >= 11 is 1.56. The summed E-state index contributed by atoms with van der Waals surface area (Å²) in [4.78, 5) is 4.68. The van der Waals surface area contributed by atoms with Gasteiger partial charge in [0.25, 0.3) is 0 Å². The van der Waals surface area contributed by atoms with Crippen LogP contribution in [0.15, 0.2) is 103 Å². The van der Waals surface area contributed by atoms with Gasteiger partial charge in [-0.05, 0) is 47.0 Å². The van der Waals surface area contributed by atoms with Crippen LogP contribution in [0.3, 0.4) is 0 Å². The molecular formula is C28H21F3N2S. The molecule has 5 aromatic rings. The second-order valence-electron chi connectivity index (χ2n) is 8.06. The van der Waals surface area contributed by atoms with Gasteiger partial charge in [0.05, 0.1) is 26.8 Å². The Balaban J connectivity index is 1.39. The molecule has 0 spiro atoms. The third kappa shape index (κ3) is 4.97. The maximum atomic E-state index is 12.8. The van der Waals surface area contributed by atoms with Gasteiger partial charge in [0.1, 0.15) is 0 Å². The van der Waals surface area contributed by atoms with E-state index in [1.54, 1.807) is 11.3 Å². The number of aromatic nitrogens is 1. The number of nitrogens with one attached hydrogen (secondary N) is 1. The van der Waals surface area contributed by atoms with E-state index in [1.165, 1.54) is 23.3 Å². The van der Waals surface area contributed by atoms with Crippen LogP contribution in [0.2, 0.25) is 0 Å². The summed E-state index contributed by atoms with van der Waals surface area (Å²) in [6.07, 6.45) is -3.83. The predicted molar refractivity (Wildman–Crippen MR) is 132 cm³/mol. The molecule has 0 saturated heterocycles. The van der Waals surface area contributed by atoms with E-state index in [0.29, 0.717) is 6.42 Å². The molecule has 0 aliphatic carbocycles. The number of anilines is 1. The van der Waals surface area contributed by atoms with Gasteiger partial charge in [0.15, 0.2) is 0 Å². The summed E-state index contributed by atoms with van der Waals surface area (Å²) in [5.74, 6) is 0.